The second-order valence-electron chi connectivity index (χ2n) is 4.45. The van der Waals surface area contributed by atoms with Gasteiger partial charge in [-0.15, -0.1) is 0 Å². The molecule has 4 heteroatoms. The Morgan fingerprint density at radius 2 is 1.94 bits per heavy atom. The lowest BCUT2D eigenvalue weighted by atomic mass is 10.2. The van der Waals surface area contributed by atoms with Crippen molar-refractivity contribution in [1.29, 1.82) is 0 Å². The zero-order chi connectivity index (χ0) is 13.0. The first-order valence-corrected chi connectivity index (χ1v) is 6.14. The predicted molar refractivity (Wildman–Crippen MR) is 72.7 cm³/mol. The fourth-order valence-corrected chi connectivity index (χ4v) is 1.80. The van der Waals surface area contributed by atoms with Crippen LogP contribution in [0.25, 0.3) is 0 Å². The van der Waals surface area contributed by atoms with Gasteiger partial charge in [-0.05, 0) is 26.0 Å². The summed E-state index contributed by atoms with van der Waals surface area (Å²) < 4.78 is 7.57. The smallest absolute Gasteiger partial charge is 0.145 e. The van der Waals surface area contributed by atoms with Crippen LogP contribution in [0.15, 0.2) is 30.3 Å². The highest BCUT2D eigenvalue weighted by Gasteiger charge is 2.01. The summed E-state index contributed by atoms with van der Waals surface area (Å²) in [6.07, 6.45) is 0.913. The third-order valence-corrected chi connectivity index (χ3v) is 2.80. The van der Waals surface area contributed by atoms with E-state index in [-0.39, 0.29) is 0 Å². The minimum atomic E-state index is 0.576. The molecule has 0 aliphatic heterocycles. The lowest BCUT2D eigenvalue weighted by Crippen LogP contribution is -2.07. The zero-order valence-electron chi connectivity index (χ0n) is 10.9. The van der Waals surface area contributed by atoms with E-state index in [1.54, 1.807) is 0 Å². The second-order valence-corrected chi connectivity index (χ2v) is 4.45. The first-order chi connectivity index (χ1) is 8.65. The van der Waals surface area contributed by atoms with E-state index >= 15 is 0 Å². The van der Waals surface area contributed by atoms with Crippen molar-refractivity contribution >= 4 is 5.82 Å². The number of nitrogen functional groups attached to an aromatic ring is 1. The third kappa shape index (κ3) is 3.26. The Bertz CT molecular complexity index is 502. The van der Waals surface area contributed by atoms with E-state index < -0.39 is 0 Å². The van der Waals surface area contributed by atoms with Crippen molar-refractivity contribution in [2.24, 2.45) is 0 Å². The standard InChI is InChI=1S/C14H19N3O/c1-11-4-6-13(7-5-11)18-9-3-8-17-12(2)10-14(15)16-17/h4-7,10H,3,8-9H2,1-2H3,(H2,15,16). The van der Waals surface area contributed by atoms with E-state index in [0.29, 0.717) is 12.4 Å². The summed E-state index contributed by atoms with van der Waals surface area (Å²) >= 11 is 0. The first-order valence-electron chi connectivity index (χ1n) is 6.14. The molecule has 0 aliphatic rings. The molecule has 0 saturated heterocycles. The third-order valence-electron chi connectivity index (χ3n) is 2.80. The quantitative estimate of drug-likeness (QED) is 0.824. The molecular weight excluding hydrogens is 226 g/mol. The minimum absolute atomic E-state index is 0.576. The van der Waals surface area contributed by atoms with Crippen LogP contribution < -0.4 is 10.5 Å². The molecule has 0 bridgehead atoms. The lowest BCUT2D eigenvalue weighted by Gasteiger charge is -2.07. The Balaban J connectivity index is 1.76. The SMILES string of the molecule is Cc1ccc(OCCCn2nc(N)cc2C)cc1. The van der Waals surface area contributed by atoms with Crippen molar-refractivity contribution in [2.45, 2.75) is 26.8 Å². The molecule has 0 aliphatic carbocycles. The summed E-state index contributed by atoms with van der Waals surface area (Å²) in [4.78, 5) is 0. The van der Waals surface area contributed by atoms with Crippen molar-refractivity contribution in [2.75, 3.05) is 12.3 Å². The van der Waals surface area contributed by atoms with Crippen LogP contribution in [-0.4, -0.2) is 16.4 Å². The van der Waals surface area contributed by atoms with Gasteiger partial charge in [0, 0.05) is 24.7 Å². The number of rotatable bonds is 5. The Hall–Kier alpha value is -1.97. The molecule has 0 saturated carbocycles. The molecule has 0 amide bonds. The normalized spacial score (nSPS) is 10.6. The van der Waals surface area contributed by atoms with Crippen LogP contribution >= 0.6 is 0 Å². The van der Waals surface area contributed by atoms with Crippen LogP contribution in [0.1, 0.15) is 17.7 Å². The van der Waals surface area contributed by atoms with Crippen molar-refractivity contribution < 1.29 is 4.74 Å². The van der Waals surface area contributed by atoms with Crippen LogP contribution in [0.2, 0.25) is 0 Å². The molecule has 2 N–H and O–H groups in total. The summed E-state index contributed by atoms with van der Waals surface area (Å²) in [5.41, 5.74) is 7.95. The van der Waals surface area contributed by atoms with Crippen LogP contribution in [0, 0.1) is 13.8 Å². The maximum absolute atomic E-state index is 5.66. The Morgan fingerprint density at radius 3 is 2.56 bits per heavy atom. The fraction of sp³-hybridized carbons (Fsp3) is 0.357. The van der Waals surface area contributed by atoms with E-state index in [1.807, 2.05) is 41.9 Å². The maximum Gasteiger partial charge on any atom is 0.145 e. The van der Waals surface area contributed by atoms with E-state index in [0.717, 1.165) is 24.4 Å². The molecule has 0 unspecified atom stereocenters. The maximum atomic E-state index is 5.66. The number of nitrogens with two attached hydrogens (primary N) is 1. The largest absolute Gasteiger partial charge is 0.494 e. The van der Waals surface area contributed by atoms with Gasteiger partial charge in [-0.25, -0.2) is 0 Å². The van der Waals surface area contributed by atoms with Gasteiger partial charge < -0.3 is 10.5 Å². The van der Waals surface area contributed by atoms with Gasteiger partial charge in [0.2, 0.25) is 0 Å². The topological polar surface area (TPSA) is 53.1 Å². The molecule has 4 nitrogen and oxygen atoms in total. The second kappa shape index (κ2) is 5.58. The molecule has 0 atom stereocenters. The number of aryl methyl sites for hydroxylation is 3. The van der Waals surface area contributed by atoms with E-state index in [9.17, 15) is 0 Å². The summed E-state index contributed by atoms with van der Waals surface area (Å²) in [5.74, 6) is 1.49. The van der Waals surface area contributed by atoms with E-state index in [4.69, 9.17) is 10.5 Å². The molecular formula is C14H19N3O. The molecule has 96 valence electrons. The van der Waals surface area contributed by atoms with Gasteiger partial charge >= 0.3 is 0 Å². The average Bonchev–Trinajstić information content (AvgIpc) is 2.66. The molecule has 1 heterocycles. The highest BCUT2D eigenvalue weighted by Crippen LogP contribution is 2.12. The van der Waals surface area contributed by atoms with E-state index in [2.05, 4.69) is 12.0 Å². The molecule has 1 aromatic heterocycles. The molecule has 2 rings (SSSR count). The summed E-state index contributed by atoms with van der Waals surface area (Å²) in [6, 6.07) is 9.96. The van der Waals surface area contributed by atoms with E-state index in [1.165, 1.54) is 5.56 Å². The van der Waals surface area contributed by atoms with Gasteiger partial charge in [0.25, 0.3) is 0 Å². The van der Waals surface area contributed by atoms with Gasteiger partial charge in [-0.3, -0.25) is 4.68 Å². The fourth-order valence-electron chi connectivity index (χ4n) is 1.80. The number of anilines is 1. The van der Waals surface area contributed by atoms with Crippen molar-refractivity contribution in [3.63, 3.8) is 0 Å². The van der Waals surface area contributed by atoms with Crippen molar-refractivity contribution in [3.8, 4) is 5.75 Å². The van der Waals surface area contributed by atoms with Crippen LogP contribution in [0.5, 0.6) is 5.75 Å². The number of hydrogen-bond acceptors (Lipinski definition) is 3. The molecule has 0 radical (unpaired) electrons. The molecule has 0 spiro atoms. The Labute approximate surface area is 107 Å². The van der Waals surface area contributed by atoms with Crippen LogP contribution in [0.4, 0.5) is 5.82 Å². The molecule has 2 aromatic rings. The monoisotopic (exact) mass is 245 g/mol. The lowest BCUT2D eigenvalue weighted by molar-refractivity contribution is 0.298. The Kier molecular flexibility index (Phi) is 3.87. The highest BCUT2D eigenvalue weighted by atomic mass is 16.5. The van der Waals surface area contributed by atoms with Crippen molar-refractivity contribution in [1.82, 2.24) is 9.78 Å². The molecule has 18 heavy (non-hydrogen) atoms. The zero-order valence-corrected chi connectivity index (χ0v) is 10.9. The first kappa shape index (κ1) is 12.5. The van der Waals surface area contributed by atoms with Crippen molar-refractivity contribution in [3.05, 3.63) is 41.6 Å². The van der Waals surface area contributed by atoms with Gasteiger partial charge in [-0.2, -0.15) is 5.10 Å². The summed E-state index contributed by atoms with van der Waals surface area (Å²) in [7, 11) is 0. The number of nitrogens with zero attached hydrogens (tertiary/aromatic N) is 2. The van der Waals surface area contributed by atoms with Gasteiger partial charge in [0.05, 0.1) is 6.61 Å². The number of hydrogen-bond donors (Lipinski definition) is 1. The Morgan fingerprint density at radius 1 is 1.22 bits per heavy atom. The highest BCUT2D eigenvalue weighted by molar-refractivity contribution is 5.28. The molecule has 0 fully saturated rings. The average molecular weight is 245 g/mol. The predicted octanol–water partition coefficient (Wildman–Crippen LogP) is 2.55. The minimum Gasteiger partial charge on any atom is -0.494 e. The number of benzene rings is 1. The summed E-state index contributed by atoms with van der Waals surface area (Å²) in [6.45, 7) is 5.58. The van der Waals surface area contributed by atoms with Gasteiger partial charge in [0.1, 0.15) is 11.6 Å². The van der Waals surface area contributed by atoms with Gasteiger partial charge in [-0.1, -0.05) is 17.7 Å². The van der Waals surface area contributed by atoms with Crippen LogP contribution in [0.3, 0.4) is 0 Å². The van der Waals surface area contributed by atoms with Gasteiger partial charge in [0.15, 0.2) is 0 Å². The van der Waals surface area contributed by atoms with Crippen LogP contribution in [-0.2, 0) is 6.54 Å². The molecule has 1 aromatic carbocycles. The number of ether oxygens (including phenoxy) is 1. The number of aromatic nitrogens is 2. The summed E-state index contributed by atoms with van der Waals surface area (Å²) in [5, 5.41) is 4.21.